The van der Waals surface area contributed by atoms with Gasteiger partial charge in [-0.05, 0) is 36.8 Å². The van der Waals surface area contributed by atoms with E-state index in [0.29, 0.717) is 5.92 Å². The third-order valence-electron chi connectivity index (χ3n) is 3.74. The molecular formula is C18H23N. The van der Waals surface area contributed by atoms with Crippen LogP contribution in [0.15, 0.2) is 54.6 Å². The highest BCUT2D eigenvalue weighted by atomic mass is 14.6. The molecule has 1 nitrogen and oxygen atoms in total. The van der Waals surface area contributed by atoms with E-state index in [9.17, 15) is 0 Å². The zero-order valence-electron chi connectivity index (χ0n) is 11.8. The molecule has 0 amide bonds. The second kappa shape index (κ2) is 6.53. The summed E-state index contributed by atoms with van der Waals surface area (Å²) < 4.78 is 0. The van der Waals surface area contributed by atoms with Crippen molar-refractivity contribution >= 4 is 0 Å². The molecule has 2 unspecified atom stereocenters. The standard InChI is InChI=1S/C18H23N/c1-3-17(16-10-5-4-6-11-16)18(19)13-15-9-7-8-14(2)12-15/h4-12,17-18H,3,13,19H2,1-2H3. The first-order chi connectivity index (χ1) is 9.20. The van der Waals surface area contributed by atoms with Gasteiger partial charge in [-0.15, -0.1) is 0 Å². The Bertz CT molecular complexity index is 504. The van der Waals surface area contributed by atoms with Gasteiger partial charge in [0.1, 0.15) is 0 Å². The first kappa shape index (κ1) is 13.8. The van der Waals surface area contributed by atoms with Gasteiger partial charge in [0.2, 0.25) is 0 Å². The molecule has 0 spiro atoms. The van der Waals surface area contributed by atoms with Crippen molar-refractivity contribution in [2.45, 2.75) is 38.6 Å². The Morgan fingerprint density at radius 1 is 1.00 bits per heavy atom. The second-order valence-corrected chi connectivity index (χ2v) is 5.28. The van der Waals surface area contributed by atoms with Gasteiger partial charge in [0.05, 0.1) is 0 Å². The van der Waals surface area contributed by atoms with Gasteiger partial charge in [0.15, 0.2) is 0 Å². The van der Waals surface area contributed by atoms with E-state index in [1.165, 1.54) is 16.7 Å². The zero-order valence-corrected chi connectivity index (χ0v) is 11.8. The topological polar surface area (TPSA) is 26.0 Å². The van der Waals surface area contributed by atoms with Crippen LogP contribution in [0, 0.1) is 6.92 Å². The van der Waals surface area contributed by atoms with Crippen LogP contribution in [0.25, 0.3) is 0 Å². The molecule has 0 aliphatic rings. The van der Waals surface area contributed by atoms with Gasteiger partial charge in [0.25, 0.3) is 0 Å². The van der Waals surface area contributed by atoms with Crippen LogP contribution in [-0.2, 0) is 6.42 Å². The van der Waals surface area contributed by atoms with Gasteiger partial charge in [-0.2, -0.15) is 0 Å². The summed E-state index contributed by atoms with van der Waals surface area (Å²) >= 11 is 0. The highest BCUT2D eigenvalue weighted by Gasteiger charge is 2.18. The third-order valence-corrected chi connectivity index (χ3v) is 3.74. The van der Waals surface area contributed by atoms with Gasteiger partial charge in [-0.3, -0.25) is 0 Å². The third kappa shape index (κ3) is 3.68. The van der Waals surface area contributed by atoms with Crippen molar-refractivity contribution in [2.75, 3.05) is 0 Å². The maximum absolute atomic E-state index is 6.44. The normalized spacial score (nSPS) is 14.1. The van der Waals surface area contributed by atoms with Crippen LogP contribution in [0.1, 0.15) is 36.0 Å². The maximum Gasteiger partial charge on any atom is 0.0148 e. The summed E-state index contributed by atoms with van der Waals surface area (Å²) in [6.45, 7) is 4.34. The molecule has 0 aliphatic carbocycles. The molecule has 2 rings (SSSR count). The lowest BCUT2D eigenvalue weighted by atomic mass is 9.86. The average Bonchev–Trinajstić information content (AvgIpc) is 2.41. The van der Waals surface area contributed by atoms with Crippen molar-refractivity contribution < 1.29 is 0 Å². The molecule has 0 aliphatic heterocycles. The van der Waals surface area contributed by atoms with E-state index in [-0.39, 0.29) is 6.04 Å². The average molecular weight is 253 g/mol. The predicted octanol–water partition coefficient (Wildman–Crippen LogP) is 4.06. The van der Waals surface area contributed by atoms with Gasteiger partial charge in [-0.25, -0.2) is 0 Å². The van der Waals surface area contributed by atoms with E-state index in [1.807, 2.05) is 0 Å². The summed E-state index contributed by atoms with van der Waals surface area (Å²) in [7, 11) is 0. The summed E-state index contributed by atoms with van der Waals surface area (Å²) in [5.41, 5.74) is 10.4. The van der Waals surface area contributed by atoms with Crippen LogP contribution in [0.5, 0.6) is 0 Å². The summed E-state index contributed by atoms with van der Waals surface area (Å²) in [6.07, 6.45) is 2.02. The van der Waals surface area contributed by atoms with Crippen LogP contribution in [0.3, 0.4) is 0 Å². The van der Waals surface area contributed by atoms with E-state index in [1.54, 1.807) is 0 Å². The quantitative estimate of drug-likeness (QED) is 0.854. The fourth-order valence-electron chi connectivity index (χ4n) is 2.74. The number of benzene rings is 2. The van der Waals surface area contributed by atoms with E-state index in [0.717, 1.165) is 12.8 Å². The number of aryl methyl sites for hydroxylation is 1. The van der Waals surface area contributed by atoms with Gasteiger partial charge in [0, 0.05) is 6.04 Å². The van der Waals surface area contributed by atoms with Crippen molar-refractivity contribution in [1.29, 1.82) is 0 Å². The van der Waals surface area contributed by atoms with Gasteiger partial charge >= 0.3 is 0 Å². The first-order valence-corrected chi connectivity index (χ1v) is 7.06. The molecule has 0 fully saturated rings. The molecule has 0 saturated heterocycles. The van der Waals surface area contributed by atoms with E-state index < -0.39 is 0 Å². The molecule has 100 valence electrons. The van der Waals surface area contributed by atoms with E-state index >= 15 is 0 Å². The first-order valence-electron chi connectivity index (χ1n) is 7.06. The molecule has 1 heteroatoms. The Kier molecular flexibility index (Phi) is 4.75. The number of nitrogens with two attached hydrogens (primary N) is 1. The van der Waals surface area contributed by atoms with Crippen molar-refractivity contribution in [3.8, 4) is 0 Å². The van der Waals surface area contributed by atoms with Crippen LogP contribution < -0.4 is 5.73 Å². The fourth-order valence-corrected chi connectivity index (χ4v) is 2.74. The smallest absolute Gasteiger partial charge is 0.0148 e. The Morgan fingerprint density at radius 2 is 1.74 bits per heavy atom. The zero-order chi connectivity index (χ0) is 13.7. The molecule has 2 aromatic carbocycles. The van der Waals surface area contributed by atoms with E-state index in [2.05, 4.69) is 68.4 Å². The minimum absolute atomic E-state index is 0.175. The minimum Gasteiger partial charge on any atom is -0.327 e. The SMILES string of the molecule is CCC(c1ccccc1)C(N)Cc1cccc(C)c1. The van der Waals surface area contributed by atoms with Crippen LogP contribution in [-0.4, -0.2) is 6.04 Å². The summed E-state index contributed by atoms with van der Waals surface area (Å²) in [6, 6.07) is 19.4. The van der Waals surface area contributed by atoms with Crippen LogP contribution >= 0.6 is 0 Å². The highest BCUT2D eigenvalue weighted by molar-refractivity contribution is 5.26. The van der Waals surface area contributed by atoms with E-state index in [4.69, 9.17) is 5.73 Å². The molecule has 0 radical (unpaired) electrons. The Hall–Kier alpha value is -1.60. The van der Waals surface area contributed by atoms with Crippen LogP contribution in [0.2, 0.25) is 0 Å². The lowest BCUT2D eigenvalue weighted by Crippen LogP contribution is -2.30. The molecule has 0 heterocycles. The maximum atomic E-state index is 6.44. The molecule has 0 aromatic heterocycles. The molecule has 2 N–H and O–H groups in total. The summed E-state index contributed by atoms with van der Waals surface area (Å²) in [5, 5.41) is 0. The van der Waals surface area contributed by atoms with Crippen LogP contribution in [0.4, 0.5) is 0 Å². The second-order valence-electron chi connectivity index (χ2n) is 5.28. The monoisotopic (exact) mass is 253 g/mol. The Morgan fingerprint density at radius 3 is 2.37 bits per heavy atom. The molecule has 2 aromatic rings. The van der Waals surface area contributed by atoms with Gasteiger partial charge < -0.3 is 5.73 Å². The summed E-state index contributed by atoms with van der Waals surface area (Å²) in [4.78, 5) is 0. The molecule has 0 saturated carbocycles. The van der Waals surface area contributed by atoms with Crippen molar-refractivity contribution in [3.63, 3.8) is 0 Å². The van der Waals surface area contributed by atoms with Crippen molar-refractivity contribution in [2.24, 2.45) is 5.73 Å². The Labute approximate surface area is 116 Å². The lowest BCUT2D eigenvalue weighted by Gasteiger charge is -2.23. The highest BCUT2D eigenvalue weighted by Crippen LogP contribution is 2.24. The number of hydrogen-bond acceptors (Lipinski definition) is 1. The van der Waals surface area contributed by atoms with Crippen molar-refractivity contribution in [1.82, 2.24) is 0 Å². The predicted molar refractivity (Wildman–Crippen MR) is 82.3 cm³/mol. The number of hydrogen-bond donors (Lipinski definition) is 1. The van der Waals surface area contributed by atoms with Crippen molar-refractivity contribution in [3.05, 3.63) is 71.3 Å². The lowest BCUT2D eigenvalue weighted by molar-refractivity contribution is 0.515. The fraction of sp³-hybridized carbons (Fsp3) is 0.333. The molecule has 19 heavy (non-hydrogen) atoms. The molecule has 0 bridgehead atoms. The largest absolute Gasteiger partial charge is 0.327 e. The summed E-state index contributed by atoms with van der Waals surface area (Å²) in [5.74, 6) is 0.432. The molecule has 2 atom stereocenters. The minimum atomic E-state index is 0.175. The van der Waals surface area contributed by atoms with Gasteiger partial charge in [-0.1, -0.05) is 67.1 Å². The molecular weight excluding hydrogens is 230 g/mol. The Balaban J connectivity index is 2.11. The number of rotatable bonds is 5.